The molecule has 3 nitrogen and oxygen atoms in total. The summed E-state index contributed by atoms with van der Waals surface area (Å²) in [5.74, 6) is -0.224. The molecule has 2 aromatic carbocycles. The number of aromatic nitrogens is 1. The maximum atomic E-state index is 12.9. The zero-order valence-electron chi connectivity index (χ0n) is 12.9. The largest absolute Gasteiger partial charge is 0.288 e. The number of carbonyl (C=O) groups excluding carboxylic acids is 1. The van der Waals surface area contributed by atoms with Crippen molar-refractivity contribution in [2.45, 2.75) is 13.3 Å². The molecule has 114 valence electrons. The van der Waals surface area contributed by atoms with Gasteiger partial charge in [0.1, 0.15) is 0 Å². The van der Waals surface area contributed by atoms with Crippen LogP contribution >= 0.6 is 0 Å². The van der Waals surface area contributed by atoms with E-state index in [1.807, 2.05) is 49.4 Å². The van der Waals surface area contributed by atoms with Crippen molar-refractivity contribution in [1.29, 1.82) is 0 Å². The van der Waals surface area contributed by atoms with Gasteiger partial charge < -0.3 is 0 Å². The molecule has 3 heteroatoms. The van der Waals surface area contributed by atoms with Gasteiger partial charge in [0.2, 0.25) is 0 Å². The highest BCUT2D eigenvalue weighted by Gasteiger charge is 2.18. The number of rotatable bonds is 4. The van der Waals surface area contributed by atoms with Gasteiger partial charge in [0.25, 0.3) is 5.56 Å². The Labute approximate surface area is 134 Å². The number of para-hydroxylation sites is 1. The van der Waals surface area contributed by atoms with Gasteiger partial charge in [0.05, 0.1) is 5.56 Å². The number of pyridine rings is 1. The van der Waals surface area contributed by atoms with E-state index in [4.69, 9.17) is 0 Å². The van der Waals surface area contributed by atoms with Crippen molar-refractivity contribution in [2.24, 2.45) is 0 Å². The fraction of sp³-hybridized carbons (Fsp3) is 0.100. The third kappa shape index (κ3) is 2.86. The third-order valence-corrected chi connectivity index (χ3v) is 3.86. The maximum Gasteiger partial charge on any atom is 0.266 e. The van der Waals surface area contributed by atoms with Crippen LogP contribution in [0.5, 0.6) is 0 Å². The molecule has 0 spiro atoms. The molecule has 0 aliphatic rings. The highest BCUT2D eigenvalue weighted by Crippen LogP contribution is 2.14. The lowest BCUT2D eigenvalue weighted by Gasteiger charge is -2.11. The monoisotopic (exact) mass is 303 g/mol. The molecule has 0 saturated carbocycles. The molecule has 0 radical (unpaired) electrons. The predicted molar refractivity (Wildman–Crippen MR) is 91.3 cm³/mol. The topological polar surface area (TPSA) is 39.1 Å². The normalized spacial score (nSPS) is 10.5. The molecule has 1 heterocycles. The van der Waals surface area contributed by atoms with Crippen LogP contribution < -0.4 is 5.56 Å². The number of ketones is 1. The Hall–Kier alpha value is -2.94. The molecule has 0 aliphatic carbocycles. The second-order valence-corrected chi connectivity index (χ2v) is 5.28. The quantitative estimate of drug-likeness (QED) is 0.690. The van der Waals surface area contributed by atoms with Gasteiger partial charge in [-0.05, 0) is 30.2 Å². The van der Waals surface area contributed by atoms with Crippen LogP contribution in [0.1, 0.15) is 28.4 Å². The number of hydrogen-bond acceptors (Lipinski definition) is 2. The Morgan fingerprint density at radius 3 is 2.13 bits per heavy atom. The summed E-state index contributed by atoms with van der Waals surface area (Å²) < 4.78 is 1.52. The lowest BCUT2D eigenvalue weighted by Crippen LogP contribution is -2.27. The maximum absolute atomic E-state index is 12.9. The molecular formula is C20H17NO2. The van der Waals surface area contributed by atoms with Crippen molar-refractivity contribution in [3.8, 4) is 5.69 Å². The van der Waals surface area contributed by atoms with E-state index in [0.717, 1.165) is 11.3 Å². The van der Waals surface area contributed by atoms with Gasteiger partial charge in [0, 0.05) is 17.4 Å². The van der Waals surface area contributed by atoms with Gasteiger partial charge in [-0.25, -0.2) is 0 Å². The molecule has 23 heavy (non-hydrogen) atoms. The van der Waals surface area contributed by atoms with Gasteiger partial charge in [-0.2, -0.15) is 0 Å². The van der Waals surface area contributed by atoms with Gasteiger partial charge in [-0.3, -0.25) is 14.2 Å². The number of nitrogens with zero attached hydrogens (tertiary/aromatic N) is 1. The first kappa shape index (κ1) is 15.0. The minimum absolute atomic E-state index is 0.224. The first-order valence-electron chi connectivity index (χ1n) is 7.62. The molecule has 3 aromatic rings. The minimum Gasteiger partial charge on any atom is -0.288 e. The molecule has 0 fully saturated rings. The Morgan fingerprint density at radius 2 is 1.52 bits per heavy atom. The fourth-order valence-corrected chi connectivity index (χ4v) is 2.64. The summed E-state index contributed by atoms with van der Waals surface area (Å²) in [6.07, 6.45) is 2.37. The molecular weight excluding hydrogens is 286 g/mol. The van der Waals surface area contributed by atoms with Crippen molar-refractivity contribution < 1.29 is 4.79 Å². The van der Waals surface area contributed by atoms with E-state index in [9.17, 15) is 9.59 Å². The molecule has 0 atom stereocenters. The SMILES string of the molecule is CCc1ccn(-c2ccccc2)c(=O)c1C(=O)c1ccccc1. The van der Waals surface area contributed by atoms with Gasteiger partial charge >= 0.3 is 0 Å². The van der Waals surface area contributed by atoms with Crippen molar-refractivity contribution in [3.05, 3.63) is 100.0 Å². The van der Waals surface area contributed by atoms with Crippen molar-refractivity contribution in [1.82, 2.24) is 4.57 Å². The lowest BCUT2D eigenvalue weighted by molar-refractivity contribution is 0.103. The molecule has 0 N–H and O–H groups in total. The zero-order chi connectivity index (χ0) is 16.2. The van der Waals surface area contributed by atoms with E-state index in [-0.39, 0.29) is 16.9 Å². The Balaban J connectivity index is 2.20. The molecule has 0 bridgehead atoms. The Kier molecular flexibility index (Phi) is 4.20. The highest BCUT2D eigenvalue weighted by molar-refractivity contribution is 6.09. The van der Waals surface area contributed by atoms with Crippen LogP contribution in [0.2, 0.25) is 0 Å². The van der Waals surface area contributed by atoms with Crippen molar-refractivity contribution in [2.75, 3.05) is 0 Å². The molecule has 3 rings (SSSR count). The lowest BCUT2D eigenvalue weighted by atomic mass is 9.98. The van der Waals surface area contributed by atoms with E-state index < -0.39 is 0 Å². The summed E-state index contributed by atoms with van der Waals surface area (Å²) >= 11 is 0. The molecule has 0 amide bonds. The van der Waals surface area contributed by atoms with E-state index >= 15 is 0 Å². The average molecular weight is 303 g/mol. The zero-order valence-corrected chi connectivity index (χ0v) is 12.9. The van der Waals surface area contributed by atoms with E-state index in [0.29, 0.717) is 12.0 Å². The van der Waals surface area contributed by atoms with Gasteiger partial charge in [-0.1, -0.05) is 55.5 Å². The van der Waals surface area contributed by atoms with Crippen LogP contribution in [0, 0.1) is 0 Å². The summed E-state index contributed by atoms with van der Waals surface area (Å²) in [4.78, 5) is 25.7. The standard InChI is InChI=1S/C20H17NO2/c1-2-15-13-14-21(17-11-7-4-8-12-17)20(23)18(15)19(22)16-9-5-3-6-10-16/h3-14H,2H2,1H3. The predicted octanol–water partition coefficient (Wildman–Crippen LogP) is 3.63. The number of benzene rings is 2. The third-order valence-electron chi connectivity index (χ3n) is 3.86. The molecule has 1 aromatic heterocycles. The molecule has 0 saturated heterocycles. The van der Waals surface area contributed by atoms with Crippen LogP contribution in [-0.4, -0.2) is 10.4 Å². The highest BCUT2D eigenvalue weighted by atomic mass is 16.1. The number of hydrogen-bond donors (Lipinski definition) is 0. The first-order valence-corrected chi connectivity index (χ1v) is 7.62. The Bertz CT molecular complexity index is 881. The van der Waals surface area contributed by atoms with Crippen LogP contribution in [0.25, 0.3) is 5.69 Å². The van der Waals surface area contributed by atoms with Crippen molar-refractivity contribution in [3.63, 3.8) is 0 Å². The summed E-state index contributed by atoms with van der Waals surface area (Å²) in [5.41, 5.74) is 2.04. The molecule has 0 aliphatic heterocycles. The molecule has 0 unspecified atom stereocenters. The fourth-order valence-electron chi connectivity index (χ4n) is 2.64. The van der Waals surface area contributed by atoms with Gasteiger partial charge in [-0.15, -0.1) is 0 Å². The van der Waals surface area contributed by atoms with Crippen molar-refractivity contribution >= 4 is 5.78 Å². The summed E-state index contributed by atoms with van der Waals surface area (Å²) in [7, 11) is 0. The first-order chi connectivity index (χ1) is 11.2. The van der Waals surface area contributed by atoms with Gasteiger partial charge in [0.15, 0.2) is 5.78 Å². The second kappa shape index (κ2) is 6.44. The van der Waals surface area contributed by atoms with E-state index in [1.54, 1.807) is 30.5 Å². The smallest absolute Gasteiger partial charge is 0.266 e. The van der Waals surface area contributed by atoms with Crippen LogP contribution in [0.15, 0.2) is 77.7 Å². The van der Waals surface area contributed by atoms with Crippen LogP contribution in [-0.2, 0) is 6.42 Å². The number of carbonyl (C=O) groups is 1. The van der Waals surface area contributed by atoms with E-state index in [2.05, 4.69) is 0 Å². The second-order valence-electron chi connectivity index (χ2n) is 5.28. The number of aryl methyl sites for hydroxylation is 1. The summed E-state index contributed by atoms with van der Waals surface area (Å²) in [5, 5.41) is 0. The summed E-state index contributed by atoms with van der Waals surface area (Å²) in [6, 6.07) is 20.1. The van der Waals surface area contributed by atoms with E-state index in [1.165, 1.54) is 4.57 Å². The van der Waals surface area contributed by atoms with Crippen LogP contribution in [0.3, 0.4) is 0 Å². The van der Waals surface area contributed by atoms with Crippen LogP contribution in [0.4, 0.5) is 0 Å². The Morgan fingerprint density at radius 1 is 0.913 bits per heavy atom. The summed E-state index contributed by atoms with van der Waals surface area (Å²) in [6.45, 7) is 1.95. The average Bonchev–Trinajstić information content (AvgIpc) is 2.62. The minimum atomic E-state index is -0.274.